The first-order chi connectivity index (χ1) is 9.47. The number of aromatic nitrogens is 2. The van der Waals surface area contributed by atoms with E-state index in [0.29, 0.717) is 17.9 Å². The smallest absolute Gasteiger partial charge is 0.224 e. The fourth-order valence-electron chi connectivity index (χ4n) is 2.17. The molecule has 4 nitrogen and oxygen atoms in total. The monoisotopic (exact) mass is 291 g/mol. The number of hydrogen-bond donors (Lipinski definition) is 1. The highest BCUT2D eigenvalue weighted by molar-refractivity contribution is 6.30. The van der Waals surface area contributed by atoms with Crippen molar-refractivity contribution in [2.24, 2.45) is 7.05 Å². The third-order valence-corrected chi connectivity index (χ3v) is 3.64. The molecule has 2 aromatic rings. The molecule has 0 atom stereocenters. The highest BCUT2D eigenvalue weighted by atomic mass is 35.5. The molecule has 0 aliphatic rings. The van der Waals surface area contributed by atoms with Crippen LogP contribution in [0.2, 0.25) is 5.02 Å². The summed E-state index contributed by atoms with van der Waals surface area (Å²) >= 11 is 5.80. The predicted octanol–water partition coefficient (Wildman–Crippen LogP) is 3.26. The Morgan fingerprint density at radius 2 is 1.95 bits per heavy atom. The van der Waals surface area contributed by atoms with Crippen LogP contribution in [0.15, 0.2) is 24.3 Å². The van der Waals surface area contributed by atoms with Crippen LogP contribution < -0.4 is 5.32 Å². The molecule has 0 aliphatic carbocycles. The van der Waals surface area contributed by atoms with Gasteiger partial charge in [0, 0.05) is 29.9 Å². The fourth-order valence-corrected chi connectivity index (χ4v) is 2.30. The van der Waals surface area contributed by atoms with Crippen molar-refractivity contribution in [3.63, 3.8) is 0 Å². The number of rotatable bonds is 4. The molecule has 0 saturated heterocycles. The Balaban J connectivity index is 1.94. The fraction of sp³-hybridized carbons (Fsp3) is 0.333. The summed E-state index contributed by atoms with van der Waals surface area (Å²) in [5.41, 5.74) is 4.02. The van der Waals surface area contributed by atoms with Crippen molar-refractivity contribution in [2.75, 3.05) is 5.32 Å². The number of nitrogens with one attached hydrogen (secondary N) is 1. The van der Waals surface area contributed by atoms with Crippen molar-refractivity contribution in [2.45, 2.75) is 26.7 Å². The maximum absolute atomic E-state index is 11.9. The summed E-state index contributed by atoms with van der Waals surface area (Å²) in [6.45, 7) is 3.99. The minimum atomic E-state index is -0.00465. The van der Waals surface area contributed by atoms with E-state index in [1.54, 1.807) is 24.3 Å². The van der Waals surface area contributed by atoms with Crippen LogP contribution in [-0.4, -0.2) is 15.7 Å². The lowest BCUT2D eigenvalue weighted by atomic mass is 10.1. The zero-order chi connectivity index (χ0) is 14.7. The van der Waals surface area contributed by atoms with Gasteiger partial charge in [-0.05, 0) is 50.1 Å². The lowest BCUT2D eigenvalue weighted by molar-refractivity contribution is -0.116. The van der Waals surface area contributed by atoms with E-state index in [9.17, 15) is 4.79 Å². The molecule has 20 heavy (non-hydrogen) atoms. The summed E-state index contributed by atoms with van der Waals surface area (Å²) in [5.74, 6) is -0.00465. The minimum absolute atomic E-state index is 0.00465. The van der Waals surface area contributed by atoms with Crippen LogP contribution in [-0.2, 0) is 18.3 Å². The van der Waals surface area contributed by atoms with E-state index in [1.165, 1.54) is 0 Å². The van der Waals surface area contributed by atoms with Gasteiger partial charge in [0.15, 0.2) is 0 Å². The molecule has 5 heteroatoms. The topological polar surface area (TPSA) is 46.9 Å². The number of hydrogen-bond acceptors (Lipinski definition) is 2. The van der Waals surface area contributed by atoms with Gasteiger partial charge >= 0.3 is 0 Å². The maximum atomic E-state index is 11.9. The first-order valence-corrected chi connectivity index (χ1v) is 6.89. The SMILES string of the molecule is Cc1nn(C)c(C)c1CCC(=O)Nc1ccc(Cl)cc1. The molecule has 1 heterocycles. The molecule has 0 aliphatic heterocycles. The molecule has 1 amide bonds. The number of carbonyl (C=O) groups is 1. The maximum Gasteiger partial charge on any atom is 0.224 e. The average molecular weight is 292 g/mol. The zero-order valence-corrected chi connectivity index (χ0v) is 12.7. The number of nitrogens with zero attached hydrogens (tertiary/aromatic N) is 2. The predicted molar refractivity (Wildman–Crippen MR) is 81.1 cm³/mol. The minimum Gasteiger partial charge on any atom is -0.326 e. The van der Waals surface area contributed by atoms with Crippen LogP contribution in [0.5, 0.6) is 0 Å². The van der Waals surface area contributed by atoms with Crippen LogP contribution in [0.4, 0.5) is 5.69 Å². The molecule has 106 valence electrons. The van der Waals surface area contributed by atoms with Crippen LogP contribution >= 0.6 is 11.6 Å². The van der Waals surface area contributed by atoms with Crippen molar-refractivity contribution in [1.29, 1.82) is 0 Å². The quantitative estimate of drug-likeness (QED) is 0.940. The second-order valence-electron chi connectivity index (χ2n) is 4.83. The molecule has 0 fully saturated rings. The molecule has 1 aromatic heterocycles. The molecular weight excluding hydrogens is 274 g/mol. The van der Waals surface area contributed by atoms with E-state index >= 15 is 0 Å². The lowest BCUT2D eigenvalue weighted by Crippen LogP contribution is -2.12. The van der Waals surface area contributed by atoms with Crippen LogP contribution in [0, 0.1) is 13.8 Å². The van der Waals surface area contributed by atoms with Crippen molar-refractivity contribution >= 4 is 23.2 Å². The molecule has 0 unspecified atom stereocenters. The van der Waals surface area contributed by atoms with E-state index < -0.39 is 0 Å². The average Bonchev–Trinajstić information content (AvgIpc) is 2.64. The largest absolute Gasteiger partial charge is 0.326 e. The van der Waals surface area contributed by atoms with Gasteiger partial charge in [0.05, 0.1) is 5.69 Å². The van der Waals surface area contributed by atoms with Gasteiger partial charge in [0.2, 0.25) is 5.91 Å². The highest BCUT2D eigenvalue weighted by Gasteiger charge is 2.11. The zero-order valence-electron chi connectivity index (χ0n) is 11.9. The summed E-state index contributed by atoms with van der Waals surface area (Å²) in [6.07, 6.45) is 1.14. The third-order valence-electron chi connectivity index (χ3n) is 3.39. The van der Waals surface area contributed by atoms with E-state index in [4.69, 9.17) is 11.6 Å². The van der Waals surface area contributed by atoms with Gasteiger partial charge in [0.1, 0.15) is 0 Å². The first-order valence-electron chi connectivity index (χ1n) is 6.52. The lowest BCUT2D eigenvalue weighted by Gasteiger charge is -2.06. The van der Waals surface area contributed by atoms with Gasteiger partial charge in [0.25, 0.3) is 0 Å². The molecule has 1 aromatic carbocycles. The Labute approximate surface area is 123 Å². The number of benzene rings is 1. The van der Waals surface area contributed by atoms with Crippen LogP contribution in [0.25, 0.3) is 0 Å². The normalized spacial score (nSPS) is 10.6. The number of carbonyl (C=O) groups excluding carboxylic acids is 1. The van der Waals surface area contributed by atoms with Crippen LogP contribution in [0.1, 0.15) is 23.4 Å². The van der Waals surface area contributed by atoms with Gasteiger partial charge in [-0.25, -0.2) is 0 Å². The summed E-state index contributed by atoms with van der Waals surface area (Å²) < 4.78 is 1.85. The highest BCUT2D eigenvalue weighted by Crippen LogP contribution is 2.16. The van der Waals surface area contributed by atoms with Crippen molar-refractivity contribution in [3.8, 4) is 0 Å². The Morgan fingerprint density at radius 1 is 1.30 bits per heavy atom. The van der Waals surface area contributed by atoms with E-state index in [1.807, 2.05) is 25.6 Å². The summed E-state index contributed by atoms with van der Waals surface area (Å²) in [7, 11) is 1.92. The van der Waals surface area contributed by atoms with Crippen molar-refractivity contribution in [3.05, 3.63) is 46.2 Å². The standard InChI is InChI=1S/C15H18ClN3O/c1-10-14(11(2)19(3)18-10)8-9-15(20)17-13-6-4-12(16)5-7-13/h4-7H,8-9H2,1-3H3,(H,17,20). The Kier molecular flexibility index (Phi) is 4.45. The molecule has 0 radical (unpaired) electrons. The van der Waals surface area contributed by atoms with Gasteiger partial charge in [-0.1, -0.05) is 11.6 Å². The second-order valence-corrected chi connectivity index (χ2v) is 5.26. The van der Waals surface area contributed by atoms with Crippen molar-refractivity contribution in [1.82, 2.24) is 9.78 Å². The second kappa shape index (κ2) is 6.09. The van der Waals surface area contributed by atoms with Crippen LogP contribution in [0.3, 0.4) is 0 Å². The Morgan fingerprint density at radius 3 is 2.50 bits per heavy atom. The summed E-state index contributed by atoms with van der Waals surface area (Å²) in [4.78, 5) is 11.9. The van der Waals surface area contributed by atoms with E-state index in [-0.39, 0.29) is 5.91 Å². The Hall–Kier alpha value is -1.81. The van der Waals surface area contributed by atoms with Gasteiger partial charge < -0.3 is 5.32 Å². The molecular formula is C15H18ClN3O. The molecule has 0 bridgehead atoms. The van der Waals surface area contributed by atoms with Gasteiger partial charge in [-0.15, -0.1) is 0 Å². The number of amides is 1. The Bertz CT molecular complexity index is 617. The number of halogens is 1. The van der Waals surface area contributed by atoms with Gasteiger partial charge in [-0.2, -0.15) is 5.10 Å². The van der Waals surface area contributed by atoms with Crippen molar-refractivity contribution < 1.29 is 4.79 Å². The molecule has 2 rings (SSSR count). The molecule has 0 spiro atoms. The van der Waals surface area contributed by atoms with E-state index in [2.05, 4.69) is 10.4 Å². The number of anilines is 1. The summed E-state index contributed by atoms with van der Waals surface area (Å²) in [6, 6.07) is 7.10. The molecule has 1 N–H and O–H groups in total. The number of aryl methyl sites for hydroxylation is 2. The first kappa shape index (κ1) is 14.6. The third kappa shape index (κ3) is 3.39. The molecule has 0 saturated carbocycles. The summed E-state index contributed by atoms with van der Waals surface area (Å²) in [5, 5.41) is 7.87. The van der Waals surface area contributed by atoms with E-state index in [0.717, 1.165) is 22.6 Å². The van der Waals surface area contributed by atoms with Gasteiger partial charge in [-0.3, -0.25) is 9.48 Å².